The highest BCUT2D eigenvalue weighted by molar-refractivity contribution is 5.75. The maximum atomic E-state index is 11.3. The summed E-state index contributed by atoms with van der Waals surface area (Å²) in [7, 11) is 1.62. The number of nitrogens with one attached hydrogen (secondary N) is 2. The molecule has 0 saturated carbocycles. The largest absolute Gasteiger partial charge is 0.376 e. The average Bonchev–Trinajstić information content (AvgIpc) is 2.88. The number of carbonyl (C=O) groups excluding carboxylic acids is 1. The number of nitrogens with zero attached hydrogens (tertiary/aromatic N) is 2. The van der Waals surface area contributed by atoms with Crippen molar-refractivity contribution in [1.82, 2.24) is 15.1 Å². The van der Waals surface area contributed by atoms with Crippen LogP contribution in [0.15, 0.2) is 30.6 Å². The fourth-order valence-corrected chi connectivity index (χ4v) is 2.12. The molecule has 5 nitrogen and oxygen atoms in total. The van der Waals surface area contributed by atoms with Gasteiger partial charge in [0.25, 0.3) is 0 Å². The molecule has 1 heterocycles. The number of benzene rings is 1. The van der Waals surface area contributed by atoms with E-state index >= 15 is 0 Å². The van der Waals surface area contributed by atoms with E-state index in [1.807, 2.05) is 6.20 Å². The van der Waals surface area contributed by atoms with Gasteiger partial charge in [-0.3, -0.25) is 9.48 Å². The van der Waals surface area contributed by atoms with Gasteiger partial charge in [0.2, 0.25) is 5.91 Å². The molecule has 1 amide bonds. The first kappa shape index (κ1) is 15.1. The molecule has 2 rings (SSSR count). The fraction of sp³-hybridized carbons (Fsp3) is 0.375. The molecule has 0 aliphatic heterocycles. The Hall–Kier alpha value is -2.30. The zero-order chi connectivity index (χ0) is 15.4. The summed E-state index contributed by atoms with van der Waals surface area (Å²) in [5.74, 6) is -0.0631. The molecule has 2 N–H and O–H groups in total. The van der Waals surface area contributed by atoms with E-state index in [0.29, 0.717) is 0 Å². The minimum absolute atomic E-state index is 0.0631. The molecule has 0 saturated heterocycles. The standard InChI is InChI=1S/C16H22N4O/c1-11-5-6-14(7-12(11)2)13(3)19-15-8-18-20(9-15)10-16(21)17-4/h5-9,13,19H,10H2,1-4H3,(H,17,21). The molecule has 0 aliphatic rings. The predicted molar refractivity (Wildman–Crippen MR) is 84.2 cm³/mol. The fourth-order valence-electron chi connectivity index (χ4n) is 2.12. The van der Waals surface area contributed by atoms with Crippen molar-refractivity contribution < 1.29 is 4.79 Å². The molecule has 2 aromatic rings. The minimum atomic E-state index is -0.0631. The first-order chi connectivity index (χ1) is 9.99. The number of hydrogen-bond acceptors (Lipinski definition) is 3. The van der Waals surface area contributed by atoms with Crippen LogP contribution in [0.4, 0.5) is 5.69 Å². The first-order valence-electron chi connectivity index (χ1n) is 7.06. The quantitative estimate of drug-likeness (QED) is 0.887. The van der Waals surface area contributed by atoms with E-state index in [2.05, 4.69) is 54.7 Å². The molecule has 0 bridgehead atoms. The number of anilines is 1. The van der Waals surface area contributed by atoms with E-state index in [9.17, 15) is 4.79 Å². The van der Waals surface area contributed by atoms with Crippen LogP contribution in [0.25, 0.3) is 0 Å². The summed E-state index contributed by atoms with van der Waals surface area (Å²) in [6.07, 6.45) is 3.58. The van der Waals surface area contributed by atoms with Gasteiger partial charge in [0.05, 0.1) is 11.9 Å². The number of aromatic nitrogens is 2. The van der Waals surface area contributed by atoms with Gasteiger partial charge in [-0.15, -0.1) is 0 Å². The van der Waals surface area contributed by atoms with Crippen molar-refractivity contribution >= 4 is 11.6 Å². The molecule has 0 fully saturated rings. The molecule has 21 heavy (non-hydrogen) atoms. The Morgan fingerprint density at radius 3 is 2.76 bits per heavy atom. The van der Waals surface area contributed by atoms with E-state index in [-0.39, 0.29) is 18.5 Å². The van der Waals surface area contributed by atoms with Crippen LogP contribution in [-0.4, -0.2) is 22.7 Å². The highest BCUT2D eigenvalue weighted by Crippen LogP contribution is 2.21. The number of aryl methyl sites for hydroxylation is 2. The van der Waals surface area contributed by atoms with Gasteiger partial charge in [-0.05, 0) is 37.5 Å². The van der Waals surface area contributed by atoms with Gasteiger partial charge in [0.15, 0.2) is 0 Å². The maximum absolute atomic E-state index is 11.3. The van der Waals surface area contributed by atoms with Gasteiger partial charge < -0.3 is 10.6 Å². The third-order valence-corrected chi connectivity index (χ3v) is 3.63. The summed E-state index contributed by atoms with van der Waals surface area (Å²) in [5, 5.41) is 10.2. The van der Waals surface area contributed by atoms with Crippen LogP contribution in [-0.2, 0) is 11.3 Å². The first-order valence-corrected chi connectivity index (χ1v) is 7.06. The lowest BCUT2D eigenvalue weighted by Gasteiger charge is -2.15. The Morgan fingerprint density at radius 1 is 1.33 bits per heavy atom. The van der Waals surface area contributed by atoms with Crippen molar-refractivity contribution in [3.63, 3.8) is 0 Å². The molecule has 1 unspecified atom stereocenters. The van der Waals surface area contributed by atoms with Crippen molar-refractivity contribution in [2.45, 2.75) is 33.4 Å². The van der Waals surface area contributed by atoms with Crippen molar-refractivity contribution in [3.8, 4) is 0 Å². The second-order valence-electron chi connectivity index (χ2n) is 5.31. The van der Waals surface area contributed by atoms with E-state index in [1.54, 1.807) is 17.9 Å². The molecular weight excluding hydrogens is 264 g/mol. The summed E-state index contributed by atoms with van der Waals surface area (Å²) < 4.78 is 1.62. The molecule has 5 heteroatoms. The third kappa shape index (κ3) is 3.84. The summed E-state index contributed by atoms with van der Waals surface area (Å²) >= 11 is 0. The van der Waals surface area contributed by atoms with Crippen molar-refractivity contribution in [3.05, 3.63) is 47.3 Å². The zero-order valence-corrected chi connectivity index (χ0v) is 13.0. The lowest BCUT2D eigenvalue weighted by atomic mass is 10.0. The van der Waals surface area contributed by atoms with Crippen LogP contribution in [0.1, 0.15) is 29.7 Å². The predicted octanol–water partition coefficient (Wildman–Crippen LogP) is 2.42. The Kier molecular flexibility index (Phi) is 4.62. The smallest absolute Gasteiger partial charge is 0.241 e. The SMILES string of the molecule is CNC(=O)Cn1cc(NC(C)c2ccc(C)c(C)c2)cn1. The lowest BCUT2D eigenvalue weighted by molar-refractivity contribution is -0.121. The molecule has 1 aromatic carbocycles. The molecule has 0 aliphatic carbocycles. The highest BCUT2D eigenvalue weighted by atomic mass is 16.1. The molecule has 112 valence electrons. The Morgan fingerprint density at radius 2 is 2.10 bits per heavy atom. The van der Waals surface area contributed by atoms with Gasteiger partial charge in [-0.1, -0.05) is 18.2 Å². The van der Waals surface area contributed by atoms with E-state index in [0.717, 1.165) is 5.69 Å². The molecule has 0 radical (unpaired) electrons. The van der Waals surface area contributed by atoms with Crippen LogP contribution in [0.5, 0.6) is 0 Å². The Balaban J connectivity index is 2.03. The van der Waals surface area contributed by atoms with E-state index < -0.39 is 0 Å². The van der Waals surface area contributed by atoms with E-state index in [1.165, 1.54) is 16.7 Å². The van der Waals surface area contributed by atoms with Crippen molar-refractivity contribution in [2.75, 3.05) is 12.4 Å². The van der Waals surface area contributed by atoms with Crippen molar-refractivity contribution in [1.29, 1.82) is 0 Å². The van der Waals surface area contributed by atoms with Crippen LogP contribution in [0, 0.1) is 13.8 Å². The van der Waals surface area contributed by atoms with Gasteiger partial charge >= 0.3 is 0 Å². The normalized spacial score (nSPS) is 12.0. The second kappa shape index (κ2) is 6.43. The second-order valence-corrected chi connectivity index (χ2v) is 5.31. The van der Waals surface area contributed by atoms with Gasteiger partial charge in [-0.25, -0.2) is 0 Å². The summed E-state index contributed by atoms with van der Waals surface area (Å²) in [5.41, 5.74) is 4.72. The van der Waals surface area contributed by atoms with Gasteiger partial charge in [0, 0.05) is 19.3 Å². The summed E-state index contributed by atoms with van der Waals surface area (Å²) in [6.45, 7) is 6.57. The number of amides is 1. The number of hydrogen-bond donors (Lipinski definition) is 2. The molecule has 0 spiro atoms. The van der Waals surface area contributed by atoms with E-state index in [4.69, 9.17) is 0 Å². The Bertz CT molecular complexity index is 633. The highest BCUT2D eigenvalue weighted by Gasteiger charge is 2.08. The lowest BCUT2D eigenvalue weighted by Crippen LogP contribution is -2.23. The monoisotopic (exact) mass is 286 g/mol. The minimum Gasteiger partial charge on any atom is -0.376 e. The van der Waals surface area contributed by atoms with Crippen LogP contribution < -0.4 is 10.6 Å². The number of likely N-dealkylation sites (N-methyl/N-ethyl adjacent to an activating group) is 1. The van der Waals surface area contributed by atoms with Crippen molar-refractivity contribution in [2.24, 2.45) is 0 Å². The molecule has 1 atom stereocenters. The van der Waals surface area contributed by atoms with Gasteiger partial charge in [0.1, 0.15) is 6.54 Å². The molecular formula is C16H22N4O. The van der Waals surface area contributed by atoms with Gasteiger partial charge in [-0.2, -0.15) is 5.10 Å². The van der Waals surface area contributed by atoms with Crippen LogP contribution in [0.3, 0.4) is 0 Å². The maximum Gasteiger partial charge on any atom is 0.241 e. The Labute approximate surface area is 125 Å². The number of carbonyl (C=O) groups is 1. The van der Waals surface area contributed by atoms with Crippen LogP contribution in [0.2, 0.25) is 0 Å². The zero-order valence-electron chi connectivity index (χ0n) is 13.0. The van der Waals surface area contributed by atoms with Crippen LogP contribution >= 0.6 is 0 Å². The number of rotatable bonds is 5. The topological polar surface area (TPSA) is 59.0 Å². The summed E-state index contributed by atoms with van der Waals surface area (Å²) in [4.78, 5) is 11.3. The third-order valence-electron chi connectivity index (χ3n) is 3.63. The summed E-state index contributed by atoms with van der Waals surface area (Å²) in [6, 6.07) is 6.65. The molecule has 1 aromatic heterocycles. The average molecular weight is 286 g/mol.